The first-order valence-corrected chi connectivity index (χ1v) is 5.32. The number of benzene rings is 1. The third kappa shape index (κ3) is 2.82. The molecule has 1 aromatic carbocycles. The van der Waals surface area contributed by atoms with Crippen molar-refractivity contribution in [2.45, 2.75) is 31.3 Å². The lowest BCUT2D eigenvalue weighted by Gasteiger charge is -2.09. The highest BCUT2D eigenvalue weighted by Crippen LogP contribution is 2.34. The Balaban J connectivity index is 1.63. The number of nitrogens with one attached hydrogen (secondary N) is 1. The Kier molecular flexibility index (Phi) is 2.85. The molecule has 2 nitrogen and oxygen atoms in total. The van der Waals surface area contributed by atoms with Crippen LogP contribution in [0.4, 0.5) is 0 Å². The smallest absolute Gasteiger partial charge is 0.0205 e. The SMILES string of the molecule is NC1(CCNCc2ccccc2)CC1. The predicted molar refractivity (Wildman–Crippen MR) is 58.9 cm³/mol. The van der Waals surface area contributed by atoms with Crippen LogP contribution in [0.3, 0.4) is 0 Å². The van der Waals surface area contributed by atoms with Gasteiger partial charge in [0.05, 0.1) is 0 Å². The van der Waals surface area contributed by atoms with Crippen molar-refractivity contribution in [2.75, 3.05) is 6.54 Å². The number of rotatable bonds is 5. The maximum atomic E-state index is 5.99. The highest BCUT2D eigenvalue weighted by atomic mass is 14.9. The summed E-state index contributed by atoms with van der Waals surface area (Å²) in [6.45, 7) is 1.99. The summed E-state index contributed by atoms with van der Waals surface area (Å²) in [4.78, 5) is 0. The van der Waals surface area contributed by atoms with Gasteiger partial charge in [-0.2, -0.15) is 0 Å². The lowest BCUT2D eigenvalue weighted by Crippen LogP contribution is -2.27. The van der Waals surface area contributed by atoms with Gasteiger partial charge in [-0.15, -0.1) is 0 Å². The van der Waals surface area contributed by atoms with E-state index < -0.39 is 0 Å². The van der Waals surface area contributed by atoms with Crippen molar-refractivity contribution in [3.05, 3.63) is 35.9 Å². The summed E-state index contributed by atoms with van der Waals surface area (Å²) in [5.74, 6) is 0. The molecule has 2 rings (SSSR count). The zero-order valence-corrected chi connectivity index (χ0v) is 8.50. The van der Waals surface area contributed by atoms with Gasteiger partial charge in [-0.3, -0.25) is 0 Å². The zero-order valence-electron chi connectivity index (χ0n) is 8.50. The summed E-state index contributed by atoms with van der Waals surface area (Å²) in [7, 11) is 0. The molecule has 0 amide bonds. The van der Waals surface area contributed by atoms with Crippen molar-refractivity contribution in [1.82, 2.24) is 5.32 Å². The molecule has 76 valence electrons. The van der Waals surface area contributed by atoms with E-state index in [1.165, 1.54) is 18.4 Å². The molecule has 1 saturated carbocycles. The third-order valence-electron chi connectivity index (χ3n) is 2.86. The van der Waals surface area contributed by atoms with Crippen molar-refractivity contribution in [1.29, 1.82) is 0 Å². The molecule has 1 aromatic rings. The Labute approximate surface area is 85.5 Å². The van der Waals surface area contributed by atoms with Gasteiger partial charge in [-0.05, 0) is 31.4 Å². The Morgan fingerprint density at radius 1 is 1.21 bits per heavy atom. The second kappa shape index (κ2) is 4.11. The highest BCUT2D eigenvalue weighted by molar-refractivity contribution is 5.14. The number of hydrogen-bond donors (Lipinski definition) is 2. The minimum atomic E-state index is 0.184. The van der Waals surface area contributed by atoms with Gasteiger partial charge >= 0.3 is 0 Å². The van der Waals surface area contributed by atoms with Gasteiger partial charge in [0.2, 0.25) is 0 Å². The second-order valence-electron chi connectivity index (χ2n) is 4.27. The van der Waals surface area contributed by atoms with Gasteiger partial charge in [0.25, 0.3) is 0 Å². The molecule has 0 heterocycles. The molecule has 0 bridgehead atoms. The van der Waals surface area contributed by atoms with Gasteiger partial charge in [0.15, 0.2) is 0 Å². The van der Waals surface area contributed by atoms with Crippen LogP contribution in [0.5, 0.6) is 0 Å². The maximum absolute atomic E-state index is 5.99. The Morgan fingerprint density at radius 2 is 1.93 bits per heavy atom. The average molecular weight is 190 g/mol. The fourth-order valence-corrected chi connectivity index (χ4v) is 1.58. The fraction of sp³-hybridized carbons (Fsp3) is 0.500. The van der Waals surface area contributed by atoms with Crippen LogP contribution < -0.4 is 11.1 Å². The normalized spacial score (nSPS) is 18.1. The first-order valence-electron chi connectivity index (χ1n) is 5.32. The number of nitrogens with two attached hydrogens (primary N) is 1. The first kappa shape index (κ1) is 9.69. The van der Waals surface area contributed by atoms with E-state index in [1.54, 1.807) is 0 Å². The van der Waals surface area contributed by atoms with Gasteiger partial charge < -0.3 is 11.1 Å². The summed E-state index contributed by atoms with van der Waals surface area (Å²) in [6.07, 6.45) is 3.53. The monoisotopic (exact) mass is 190 g/mol. The summed E-state index contributed by atoms with van der Waals surface area (Å²) < 4.78 is 0. The molecule has 1 fully saturated rings. The molecular formula is C12H18N2. The van der Waals surface area contributed by atoms with E-state index in [4.69, 9.17) is 5.73 Å². The van der Waals surface area contributed by atoms with Crippen molar-refractivity contribution in [2.24, 2.45) is 5.73 Å². The Bertz CT molecular complexity index is 278. The molecule has 0 unspecified atom stereocenters. The second-order valence-corrected chi connectivity index (χ2v) is 4.27. The molecule has 1 aliphatic rings. The minimum Gasteiger partial charge on any atom is -0.325 e. The first-order chi connectivity index (χ1) is 6.79. The lowest BCUT2D eigenvalue weighted by atomic mass is 10.2. The minimum absolute atomic E-state index is 0.184. The van der Waals surface area contributed by atoms with Crippen molar-refractivity contribution < 1.29 is 0 Å². The van der Waals surface area contributed by atoms with Crippen LogP contribution in [0, 0.1) is 0 Å². The van der Waals surface area contributed by atoms with E-state index in [1.807, 2.05) is 6.07 Å². The van der Waals surface area contributed by atoms with E-state index in [-0.39, 0.29) is 5.54 Å². The molecule has 3 N–H and O–H groups in total. The largest absolute Gasteiger partial charge is 0.325 e. The number of hydrogen-bond acceptors (Lipinski definition) is 2. The molecule has 0 atom stereocenters. The Hall–Kier alpha value is -0.860. The Morgan fingerprint density at radius 3 is 2.57 bits per heavy atom. The van der Waals surface area contributed by atoms with Gasteiger partial charge in [0, 0.05) is 12.1 Å². The van der Waals surface area contributed by atoms with E-state index >= 15 is 0 Å². The third-order valence-corrected chi connectivity index (χ3v) is 2.86. The van der Waals surface area contributed by atoms with Crippen LogP contribution in [-0.4, -0.2) is 12.1 Å². The van der Waals surface area contributed by atoms with Crippen LogP contribution in [0.1, 0.15) is 24.8 Å². The van der Waals surface area contributed by atoms with Crippen LogP contribution >= 0.6 is 0 Å². The highest BCUT2D eigenvalue weighted by Gasteiger charge is 2.36. The molecule has 14 heavy (non-hydrogen) atoms. The van der Waals surface area contributed by atoms with E-state index in [9.17, 15) is 0 Å². The quantitative estimate of drug-likeness (QED) is 0.693. The van der Waals surface area contributed by atoms with Crippen molar-refractivity contribution in [3.8, 4) is 0 Å². The molecule has 0 spiro atoms. The van der Waals surface area contributed by atoms with Crippen molar-refractivity contribution in [3.63, 3.8) is 0 Å². The predicted octanol–water partition coefficient (Wildman–Crippen LogP) is 1.66. The molecule has 2 heteroatoms. The summed E-state index contributed by atoms with van der Waals surface area (Å²) in [5, 5.41) is 3.42. The summed E-state index contributed by atoms with van der Waals surface area (Å²) in [5.41, 5.74) is 7.51. The van der Waals surface area contributed by atoms with E-state index in [0.29, 0.717) is 0 Å². The molecule has 0 aliphatic heterocycles. The van der Waals surface area contributed by atoms with Gasteiger partial charge in [0.1, 0.15) is 0 Å². The topological polar surface area (TPSA) is 38.0 Å². The van der Waals surface area contributed by atoms with Crippen molar-refractivity contribution >= 4 is 0 Å². The molecule has 0 saturated heterocycles. The lowest BCUT2D eigenvalue weighted by molar-refractivity contribution is 0.553. The van der Waals surface area contributed by atoms with Crippen LogP contribution in [0.2, 0.25) is 0 Å². The molecule has 0 aromatic heterocycles. The van der Waals surface area contributed by atoms with E-state index in [0.717, 1.165) is 19.5 Å². The van der Waals surface area contributed by atoms with Crippen LogP contribution in [-0.2, 0) is 6.54 Å². The zero-order chi connectivity index (χ0) is 9.86. The summed E-state index contributed by atoms with van der Waals surface area (Å²) >= 11 is 0. The average Bonchev–Trinajstić information content (AvgIpc) is 2.94. The standard InChI is InChI=1S/C12H18N2/c13-12(6-7-12)8-9-14-10-11-4-2-1-3-5-11/h1-5,14H,6-10,13H2. The van der Waals surface area contributed by atoms with Gasteiger partial charge in [-0.25, -0.2) is 0 Å². The molecule has 1 aliphatic carbocycles. The van der Waals surface area contributed by atoms with Gasteiger partial charge in [-0.1, -0.05) is 30.3 Å². The molecular weight excluding hydrogens is 172 g/mol. The van der Waals surface area contributed by atoms with Crippen LogP contribution in [0.25, 0.3) is 0 Å². The maximum Gasteiger partial charge on any atom is 0.0205 e. The summed E-state index contributed by atoms with van der Waals surface area (Å²) in [6, 6.07) is 10.5. The van der Waals surface area contributed by atoms with E-state index in [2.05, 4.69) is 29.6 Å². The fourth-order valence-electron chi connectivity index (χ4n) is 1.58. The van der Waals surface area contributed by atoms with Crippen LogP contribution in [0.15, 0.2) is 30.3 Å². The molecule has 0 radical (unpaired) electrons.